The zero-order valence-electron chi connectivity index (χ0n) is 3.91. The van der Waals surface area contributed by atoms with Crippen molar-refractivity contribution < 1.29 is 29.1 Å². The zero-order valence-corrected chi connectivity index (χ0v) is 11.3. The van der Waals surface area contributed by atoms with Crippen LogP contribution in [-0.4, -0.2) is 67.7 Å². The molecule has 0 spiro atoms. The van der Waals surface area contributed by atoms with E-state index in [0.29, 0.717) is 0 Å². The normalized spacial score (nSPS) is 0. The molecule has 0 unspecified atom stereocenters. The molecule has 4 heteroatoms. The van der Waals surface area contributed by atoms with Gasteiger partial charge >= 0.3 is 50.4 Å². The minimum absolute atomic E-state index is 0. The maximum Gasteiger partial charge on any atom is 0 e. The van der Waals surface area contributed by atoms with Gasteiger partial charge in [-0.25, -0.2) is 0 Å². The summed E-state index contributed by atoms with van der Waals surface area (Å²) in [5.74, 6) is 0. The van der Waals surface area contributed by atoms with Gasteiger partial charge in [0.2, 0.25) is 0 Å². The van der Waals surface area contributed by atoms with Crippen LogP contribution in [0.5, 0.6) is 0 Å². The van der Waals surface area contributed by atoms with Crippen LogP contribution in [0.25, 0.3) is 0 Å². The summed E-state index contributed by atoms with van der Waals surface area (Å²) >= 11 is 0. The number of hydrogen-bond donors (Lipinski definition) is 0. The van der Waals surface area contributed by atoms with Crippen molar-refractivity contribution in [3.8, 4) is 0 Å². The van der Waals surface area contributed by atoms with Crippen molar-refractivity contribution in [2.75, 3.05) is 0 Å². The standard InChI is InChI=1S/Al.Mg.Pb.Zr.7H/q;+2;;;;;;;;2*-1. The van der Waals surface area contributed by atoms with Crippen LogP contribution in [0.15, 0.2) is 0 Å². The molecular formula is H7AlMgPbZr. The van der Waals surface area contributed by atoms with E-state index in [1.165, 1.54) is 0 Å². The Labute approximate surface area is 95.0 Å². The molecule has 0 nitrogen and oxygen atoms in total. The molecule has 0 rings (SSSR count). The van der Waals surface area contributed by atoms with Gasteiger partial charge < -0.3 is 2.85 Å². The van der Waals surface area contributed by atoms with Crippen molar-refractivity contribution in [3.63, 3.8) is 0 Å². The van der Waals surface area contributed by atoms with Crippen LogP contribution in [0, 0.1) is 0 Å². The molecule has 0 aromatic rings. The first kappa shape index (κ1) is 27.5. The molecule has 0 heterocycles. The molecule has 0 bridgehead atoms. The van der Waals surface area contributed by atoms with Gasteiger partial charge in [-0.2, -0.15) is 0 Å². The average Bonchev–Trinajstić information content (AvgIpc) is 0. The molecule has 0 amide bonds. The minimum atomic E-state index is 0. The third-order valence-corrected chi connectivity index (χ3v) is 0. The minimum Gasteiger partial charge on any atom is 0 e. The van der Waals surface area contributed by atoms with Crippen LogP contribution < -0.4 is 0 Å². The molecule has 0 aromatic carbocycles. The zero-order chi connectivity index (χ0) is 0. The summed E-state index contributed by atoms with van der Waals surface area (Å²) in [7, 11) is 0. The molecule has 20 valence electrons. The van der Waals surface area contributed by atoms with E-state index in [1.807, 2.05) is 0 Å². The van der Waals surface area contributed by atoms with E-state index < -0.39 is 0 Å². The Morgan fingerprint density at radius 1 is 1.25 bits per heavy atom. The second-order valence-corrected chi connectivity index (χ2v) is 0. The predicted molar refractivity (Wildman–Crippen MR) is 26.5 cm³/mol. The van der Waals surface area contributed by atoms with Crippen LogP contribution in [0.4, 0.5) is 0 Å². The second kappa shape index (κ2) is 16.5. The Hall–Kier alpha value is 3.10. The van der Waals surface area contributed by atoms with Gasteiger partial charge in [-0.1, -0.05) is 0 Å². The van der Waals surface area contributed by atoms with Gasteiger partial charge in [0.1, 0.15) is 0 Å². The van der Waals surface area contributed by atoms with E-state index in [2.05, 4.69) is 0 Å². The second-order valence-electron chi connectivity index (χ2n) is 0. The van der Waals surface area contributed by atoms with Gasteiger partial charge in [0.25, 0.3) is 0 Å². The molecule has 0 aliphatic heterocycles. The number of rotatable bonds is 0. The molecule has 0 aliphatic carbocycles. The van der Waals surface area contributed by atoms with E-state index in [9.17, 15) is 0 Å². The van der Waals surface area contributed by atoms with Crippen LogP contribution in [0.3, 0.4) is 0 Å². The van der Waals surface area contributed by atoms with Crippen LogP contribution >= 0.6 is 0 Å². The van der Waals surface area contributed by atoms with E-state index >= 15 is 0 Å². The molecule has 0 aromatic heterocycles. The quantitative estimate of drug-likeness (QED) is 0.430. The monoisotopic (exact) mass is 356 g/mol. The summed E-state index contributed by atoms with van der Waals surface area (Å²) in [6, 6.07) is 0. The van der Waals surface area contributed by atoms with Crippen LogP contribution in [-0.2, 0) is 26.2 Å². The Balaban J connectivity index is 0. The summed E-state index contributed by atoms with van der Waals surface area (Å²) < 4.78 is 0. The molecular weight excluding hydrogens is 350 g/mol. The van der Waals surface area contributed by atoms with Crippen molar-refractivity contribution in [1.29, 1.82) is 0 Å². The van der Waals surface area contributed by atoms with E-state index in [4.69, 9.17) is 0 Å². The van der Waals surface area contributed by atoms with Gasteiger partial charge in [-0.3, -0.25) is 0 Å². The van der Waals surface area contributed by atoms with Gasteiger partial charge in [-0.15, -0.1) is 0 Å². The van der Waals surface area contributed by atoms with Gasteiger partial charge in [0, 0.05) is 26.2 Å². The van der Waals surface area contributed by atoms with Crippen molar-refractivity contribution in [2.24, 2.45) is 0 Å². The molecule has 4 heavy (non-hydrogen) atoms. The van der Waals surface area contributed by atoms with E-state index in [-0.39, 0.29) is 96.8 Å². The maximum atomic E-state index is 0. The first-order chi connectivity index (χ1) is 0. The fourth-order valence-corrected chi connectivity index (χ4v) is 0. The fraction of sp³-hybridized carbons (Fsp3) is 0. The topological polar surface area (TPSA) is 0 Å². The number of hydrogen-bond acceptors (Lipinski definition) is 0. The summed E-state index contributed by atoms with van der Waals surface area (Å²) in [5.41, 5.74) is 0. The van der Waals surface area contributed by atoms with Crippen LogP contribution in [0.2, 0.25) is 0 Å². The van der Waals surface area contributed by atoms with E-state index in [1.54, 1.807) is 0 Å². The largest absolute Gasteiger partial charge is 0 e. The van der Waals surface area contributed by atoms with Crippen molar-refractivity contribution in [2.45, 2.75) is 0 Å². The third-order valence-electron chi connectivity index (χ3n) is 0. The van der Waals surface area contributed by atoms with Crippen molar-refractivity contribution >= 4 is 67.7 Å². The average molecular weight is 357 g/mol. The smallest absolute Gasteiger partial charge is 0 e. The molecule has 0 saturated carbocycles. The Morgan fingerprint density at radius 2 is 1.25 bits per heavy atom. The van der Waals surface area contributed by atoms with Gasteiger partial charge in [0.15, 0.2) is 17.4 Å². The van der Waals surface area contributed by atoms with Crippen molar-refractivity contribution in [3.05, 3.63) is 0 Å². The van der Waals surface area contributed by atoms with Gasteiger partial charge in [-0.05, 0) is 0 Å². The van der Waals surface area contributed by atoms with E-state index in [0.717, 1.165) is 0 Å². The predicted octanol–water partition coefficient (Wildman–Crippen LogP) is -2.26. The summed E-state index contributed by atoms with van der Waals surface area (Å²) in [4.78, 5) is 0. The maximum absolute atomic E-state index is 0. The van der Waals surface area contributed by atoms with Crippen molar-refractivity contribution in [1.82, 2.24) is 0 Å². The first-order valence-electron chi connectivity index (χ1n) is 0. The summed E-state index contributed by atoms with van der Waals surface area (Å²) in [5, 5.41) is 0. The third kappa shape index (κ3) is 8.92. The molecule has 0 saturated heterocycles. The summed E-state index contributed by atoms with van der Waals surface area (Å²) in [6.45, 7) is 0. The van der Waals surface area contributed by atoms with Gasteiger partial charge in [0.05, 0.1) is 0 Å². The molecule has 0 atom stereocenters. The Morgan fingerprint density at radius 3 is 1.25 bits per heavy atom. The SMILES string of the molecule is [AlH3].[H-].[H-].[Mg+2].[PbH2].[Zr]. The fourth-order valence-electron chi connectivity index (χ4n) is 0. The molecule has 0 fully saturated rings. The Bertz CT molecular complexity index is 13.5. The molecule has 0 aliphatic rings. The first-order valence-corrected chi connectivity index (χ1v) is 0. The molecule has 0 N–H and O–H groups in total. The summed E-state index contributed by atoms with van der Waals surface area (Å²) in [6.07, 6.45) is 0. The molecule has 2 radical (unpaired) electrons. The van der Waals surface area contributed by atoms with Crippen LogP contribution in [0.1, 0.15) is 2.85 Å². The Kier molecular flexibility index (Phi) is 113.